The van der Waals surface area contributed by atoms with Crippen molar-refractivity contribution < 1.29 is 0 Å². The van der Waals surface area contributed by atoms with Crippen molar-refractivity contribution in [2.24, 2.45) is 23.7 Å². The van der Waals surface area contributed by atoms with Gasteiger partial charge in [-0.15, -0.1) is 0 Å². The maximum atomic E-state index is 2.81. The van der Waals surface area contributed by atoms with Crippen LogP contribution in [0.1, 0.15) is 93.9 Å². The van der Waals surface area contributed by atoms with E-state index in [1.165, 1.54) is 51.9 Å². The molecule has 0 N–H and O–H groups in total. The number of benzene rings is 2. The molecule has 41 heavy (non-hydrogen) atoms. The molecule has 10 rings (SSSR count). The van der Waals surface area contributed by atoms with Crippen molar-refractivity contribution in [3.8, 4) is 0 Å². The zero-order valence-corrected chi connectivity index (χ0v) is 24.7. The van der Waals surface area contributed by atoms with Crippen LogP contribution in [-0.4, -0.2) is 26.2 Å². The molecule has 8 atom stereocenters. The Morgan fingerprint density at radius 2 is 0.902 bits per heavy atom. The van der Waals surface area contributed by atoms with Gasteiger partial charge in [-0.1, -0.05) is 60.7 Å². The van der Waals surface area contributed by atoms with Crippen molar-refractivity contribution in [2.45, 2.75) is 69.6 Å². The minimum absolute atomic E-state index is 0.606. The van der Waals surface area contributed by atoms with Crippen LogP contribution >= 0.6 is 0 Å². The number of hydrogen-bond donors (Lipinski definition) is 0. The van der Waals surface area contributed by atoms with E-state index in [4.69, 9.17) is 0 Å². The maximum Gasteiger partial charge on any atom is 0.0446 e. The molecule has 0 aromatic heterocycles. The van der Waals surface area contributed by atoms with Crippen LogP contribution in [0.5, 0.6) is 0 Å². The Morgan fingerprint density at radius 3 is 1.32 bits per heavy atom. The van der Waals surface area contributed by atoms with Gasteiger partial charge < -0.3 is 9.80 Å². The highest BCUT2D eigenvalue weighted by molar-refractivity contribution is 5.74. The van der Waals surface area contributed by atoms with E-state index in [-0.39, 0.29) is 0 Å². The monoisotopic (exact) mass is 538 g/mol. The van der Waals surface area contributed by atoms with Gasteiger partial charge in [-0.2, -0.15) is 0 Å². The van der Waals surface area contributed by atoms with Crippen LogP contribution in [0.15, 0.2) is 60.7 Å². The molecule has 4 heterocycles. The summed E-state index contributed by atoms with van der Waals surface area (Å²) in [4.78, 5) is 5.62. The molecule has 0 amide bonds. The van der Waals surface area contributed by atoms with Crippen LogP contribution in [0.25, 0.3) is 0 Å². The summed E-state index contributed by atoms with van der Waals surface area (Å²) >= 11 is 0. The molecule has 0 saturated heterocycles. The number of anilines is 2. The quantitative estimate of drug-likeness (QED) is 0.356. The standard InChI is InChI=1S/C39H42N2/c1-22-28(16-34-30-11-3-7-24(30)18-40-20-26-9-5-13-32(26)36(22)38(34)40)15-29-17-35-31-12-4-8-25(31)19-41-21-27-10-6-14-33(27)37(23(29)2)39(35)41/h3-6,11-14,16-17,24-27,30-33H,7-10,15,18-21H2,1-2H3. The predicted octanol–water partition coefficient (Wildman–Crippen LogP) is 8.20. The van der Waals surface area contributed by atoms with Gasteiger partial charge in [-0.3, -0.25) is 0 Å². The van der Waals surface area contributed by atoms with Gasteiger partial charge in [0.25, 0.3) is 0 Å². The number of fused-ring (bicyclic) bond motifs is 8. The summed E-state index contributed by atoms with van der Waals surface area (Å²) < 4.78 is 0. The van der Waals surface area contributed by atoms with Crippen LogP contribution in [-0.2, 0) is 6.42 Å². The Kier molecular flexibility index (Phi) is 4.77. The Hall–Kier alpha value is -3.00. The smallest absolute Gasteiger partial charge is 0.0446 e. The third-order valence-electron chi connectivity index (χ3n) is 12.9. The molecule has 0 saturated carbocycles. The Morgan fingerprint density at radius 1 is 0.537 bits per heavy atom. The molecule has 0 fully saturated rings. The van der Waals surface area contributed by atoms with Crippen molar-refractivity contribution in [1.29, 1.82) is 0 Å². The van der Waals surface area contributed by atoms with E-state index >= 15 is 0 Å². The van der Waals surface area contributed by atoms with Crippen LogP contribution in [0.2, 0.25) is 0 Å². The van der Waals surface area contributed by atoms with E-state index in [0.717, 1.165) is 30.1 Å². The zero-order valence-electron chi connectivity index (χ0n) is 24.7. The fraction of sp³-hybridized carbons (Fsp3) is 0.487. The lowest BCUT2D eigenvalue weighted by molar-refractivity contribution is 0.408. The molecular formula is C39H42N2. The average Bonchev–Trinajstić information content (AvgIpc) is 3.78. The summed E-state index contributed by atoms with van der Waals surface area (Å²) in [5.74, 6) is 5.46. The Labute approximate surface area is 245 Å². The van der Waals surface area contributed by atoms with Gasteiger partial charge >= 0.3 is 0 Å². The van der Waals surface area contributed by atoms with Crippen LogP contribution in [0.4, 0.5) is 11.4 Å². The van der Waals surface area contributed by atoms with Crippen LogP contribution in [0, 0.1) is 37.5 Å². The molecule has 4 aliphatic heterocycles. The number of nitrogens with zero attached hydrogens (tertiary/aromatic N) is 2. The van der Waals surface area contributed by atoms with E-state index in [1.807, 2.05) is 0 Å². The highest BCUT2D eigenvalue weighted by atomic mass is 15.2. The highest BCUT2D eigenvalue weighted by Gasteiger charge is 2.45. The fourth-order valence-electron chi connectivity index (χ4n) is 10.9. The van der Waals surface area contributed by atoms with Gasteiger partial charge in [-0.05, 0) is 114 Å². The molecule has 2 aromatic carbocycles. The van der Waals surface area contributed by atoms with Crippen molar-refractivity contribution in [3.05, 3.63) is 105 Å². The summed E-state index contributed by atoms with van der Waals surface area (Å²) in [6, 6.07) is 5.36. The van der Waals surface area contributed by atoms with Gasteiger partial charge in [0.1, 0.15) is 0 Å². The second kappa shape index (κ2) is 8.30. The third kappa shape index (κ3) is 3.10. The van der Waals surface area contributed by atoms with Gasteiger partial charge in [-0.25, -0.2) is 0 Å². The minimum atomic E-state index is 0.606. The lowest BCUT2D eigenvalue weighted by Gasteiger charge is -2.47. The molecule has 0 radical (unpaired) electrons. The molecule has 2 aromatic rings. The second-order valence-corrected chi connectivity index (χ2v) is 14.8. The fourth-order valence-corrected chi connectivity index (χ4v) is 10.9. The SMILES string of the molecule is Cc1c(Cc2cc3c4c(c2C)C2C=CCC2CN4CC2CC=CC32)cc2c3c1C1C=CCC1CN3CC1CC=CC21. The molecular weight excluding hydrogens is 496 g/mol. The van der Waals surface area contributed by atoms with Gasteiger partial charge in [0, 0.05) is 61.2 Å². The van der Waals surface area contributed by atoms with Crippen LogP contribution in [0.3, 0.4) is 0 Å². The van der Waals surface area contributed by atoms with Gasteiger partial charge in [0.2, 0.25) is 0 Å². The minimum Gasteiger partial charge on any atom is -0.370 e. The highest BCUT2D eigenvalue weighted by Crippen LogP contribution is 2.57. The molecule has 8 unspecified atom stereocenters. The van der Waals surface area contributed by atoms with E-state index in [1.54, 1.807) is 55.9 Å². The number of hydrogen-bond acceptors (Lipinski definition) is 2. The predicted molar refractivity (Wildman–Crippen MR) is 170 cm³/mol. The molecule has 4 aliphatic carbocycles. The first-order chi connectivity index (χ1) is 20.1. The average molecular weight is 539 g/mol. The summed E-state index contributed by atoms with van der Waals surface area (Å²) in [5, 5.41) is 0. The summed E-state index contributed by atoms with van der Waals surface area (Å²) in [7, 11) is 0. The number of rotatable bonds is 2. The van der Waals surface area contributed by atoms with Crippen molar-refractivity contribution in [2.75, 3.05) is 36.0 Å². The zero-order chi connectivity index (χ0) is 27.0. The van der Waals surface area contributed by atoms with Gasteiger partial charge in [0.15, 0.2) is 0 Å². The van der Waals surface area contributed by atoms with E-state index < -0.39 is 0 Å². The summed E-state index contributed by atoms with van der Waals surface area (Å²) in [6.45, 7) is 9.93. The Bertz CT molecular complexity index is 1500. The third-order valence-corrected chi connectivity index (χ3v) is 12.9. The van der Waals surface area contributed by atoms with Crippen molar-refractivity contribution >= 4 is 11.4 Å². The van der Waals surface area contributed by atoms with Gasteiger partial charge in [0.05, 0.1) is 0 Å². The first-order valence-corrected chi connectivity index (χ1v) is 16.6. The second-order valence-electron chi connectivity index (χ2n) is 14.8. The molecule has 2 nitrogen and oxygen atoms in total. The molecule has 208 valence electrons. The lowest BCUT2D eigenvalue weighted by atomic mass is 9.71. The molecule has 0 bridgehead atoms. The van der Waals surface area contributed by atoms with Crippen molar-refractivity contribution in [1.82, 2.24) is 0 Å². The normalized spacial score (nSPS) is 35.9. The van der Waals surface area contributed by atoms with E-state index in [2.05, 4.69) is 84.4 Å². The first-order valence-electron chi connectivity index (χ1n) is 16.6. The largest absolute Gasteiger partial charge is 0.370 e. The molecule has 0 spiro atoms. The first kappa shape index (κ1) is 23.6. The molecule has 2 heteroatoms. The molecule has 8 aliphatic rings. The summed E-state index contributed by atoms with van der Waals surface area (Å²) in [6.07, 6.45) is 26.2. The maximum absolute atomic E-state index is 2.81. The van der Waals surface area contributed by atoms with Crippen LogP contribution < -0.4 is 9.80 Å². The Balaban J connectivity index is 1.16. The lowest BCUT2D eigenvalue weighted by Crippen LogP contribution is -2.44. The van der Waals surface area contributed by atoms with E-state index in [0.29, 0.717) is 23.7 Å². The number of allylic oxidation sites excluding steroid dienone is 8. The van der Waals surface area contributed by atoms with Crippen molar-refractivity contribution in [3.63, 3.8) is 0 Å². The van der Waals surface area contributed by atoms with E-state index in [9.17, 15) is 0 Å². The topological polar surface area (TPSA) is 6.48 Å². The summed E-state index contributed by atoms with van der Waals surface area (Å²) in [5.41, 5.74) is 16.3.